The number of esters is 1. The van der Waals surface area contributed by atoms with E-state index in [4.69, 9.17) is 4.74 Å². The smallest absolute Gasteiger partial charge is 0.408 e. The maximum Gasteiger partial charge on any atom is 0.408 e. The first kappa shape index (κ1) is 39.7. The fourth-order valence-corrected chi connectivity index (χ4v) is 4.45. The lowest BCUT2D eigenvalue weighted by Crippen LogP contribution is -2.58. The number of ether oxygens (including phenoxy) is 2. The Hall–Kier alpha value is -5.48. The predicted molar refractivity (Wildman–Crippen MR) is 169 cm³/mol. The number of hydrogen-bond donors (Lipinski definition) is 5. The summed E-state index contributed by atoms with van der Waals surface area (Å²) in [5.41, 5.74) is 0.993. The molecule has 1 heterocycles. The van der Waals surface area contributed by atoms with Gasteiger partial charge in [0.05, 0.1) is 25.6 Å². The molecule has 0 saturated heterocycles. The molecule has 49 heavy (non-hydrogen) atoms. The quantitative estimate of drug-likeness (QED) is 0.0684. The number of amides is 4. The first-order valence-corrected chi connectivity index (χ1v) is 15.4. The van der Waals surface area contributed by atoms with Gasteiger partial charge in [0, 0.05) is 19.0 Å². The number of H-pyrrole nitrogens is 1. The van der Waals surface area contributed by atoms with Crippen LogP contribution in [0.25, 0.3) is 0 Å². The van der Waals surface area contributed by atoms with Crippen LogP contribution in [0.3, 0.4) is 0 Å². The van der Waals surface area contributed by atoms with Crippen LogP contribution in [0.5, 0.6) is 0 Å². The van der Waals surface area contributed by atoms with Crippen molar-refractivity contribution in [2.45, 2.75) is 76.7 Å². The lowest BCUT2D eigenvalue weighted by molar-refractivity contribution is -0.143. The van der Waals surface area contributed by atoms with Gasteiger partial charge < -0.3 is 35.7 Å². The Kier molecular flexibility index (Phi) is 16.8. The Balaban J connectivity index is 2.28. The Morgan fingerprint density at radius 3 is 2.12 bits per heavy atom. The lowest BCUT2D eigenvalue weighted by atomic mass is 10.0. The highest BCUT2D eigenvalue weighted by atomic mass is 19.1. The maximum atomic E-state index is 13.6. The van der Waals surface area contributed by atoms with Gasteiger partial charge in [-0.25, -0.2) is 14.2 Å². The SMILES string of the molecule is COC(=O)C[C@H](NC(=O)[C@H](Cc1c[nH]cn1)NC(=O)[C@H](CCC(=O)C=O)NC(=O)[C@H](CC(C)C)NC(=O)OCc1ccccc1)C(=O)CF. The van der Waals surface area contributed by atoms with Gasteiger partial charge in [-0.2, -0.15) is 0 Å². The monoisotopic (exact) mass is 688 g/mol. The van der Waals surface area contributed by atoms with Crippen molar-refractivity contribution < 1.29 is 52.2 Å². The molecule has 0 aliphatic heterocycles. The number of aldehydes is 1. The van der Waals surface area contributed by atoms with Crippen LogP contribution in [0.4, 0.5) is 9.18 Å². The molecular formula is C32H41FN6O10. The number of methoxy groups -OCH3 is 1. The average molecular weight is 689 g/mol. The van der Waals surface area contributed by atoms with E-state index in [1.807, 2.05) is 0 Å². The van der Waals surface area contributed by atoms with Crippen LogP contribution in [-0.4, -0.2) is 95.6 Å². The number of imidazole rings is 1. The molecular weight excluding hydrogens is 647 g/mol. The number of benzene rings is 1. The van der Waals surface area contributed by atoms with Crippen LogP contribution in [-0.2, 0) is 56.1 Å². The molecule has 0 spiro atoms. The zero-order valence-corrected chi connectivity index (χ0v) is 27.4. The van der Waals surface area contributed by atoms with Crippen LogP contribution in [0.15, 0.2) is 42.9 Å². The normalized spacial score (nSPS) is 13.2. The molecule has 4 atom stereocenters. The second-order valence-corrected chi connectivity index (χ2v) is 11.3. The molecule has 0 saturated carbocycles. The van der Waals surface area contributed by atoms with Gasteiger partial charge in [-0.3, -0.25) is 33.6 Å². The molecule has 0 aliphatic rings. The summed E-state index contributed by atoms with van der Waals surface area (Å²) < 4.78 is 23.0. The number of alkyl halides is 1. The maximum absolute atomic E-state index is 13.6. The van der Waals surface area contributed by atoms with E-state index in [9.17, 15) is 42.7 Å². The summed E-state index contributed by atoms with van der Waals surface area (Å²) in [6.07, 6.45) is 0.248. The first-order valence-electron chi connectivity index (χ1n) is 15.4. The summed E-state index contributed by atoms with van der Waals surface area (Å²) in [6, 6.07) is 3.02. The van der Waals surface area contributed by atoms with E-state index in [1.165, 1.54) is 12.5 Å². The number of carbonyl (C=O) groups excluding carboxylic acids is 8. The van der Waals surface area contributed by atoms with E-state index >= 15 is 0 Å². The van der Waals surface area contributed by atoms with E-state index in [0.717, 1.165) is 7.11 Å². The van der Waals surface area contributed by atoms with Crippen molar-refractivity contribution in [2.24, 2.45) is 5.92 Å². The second-order valence-electron chi connectivity index (χ2n) is 11.3. The lowest BCUT2D eigenvalue weighted by Gasteiger charge is -2.26. The summed E-state index contributed by atoms with van der Waals surface area (Å²) in [5.74, 6) is -5.79. The van der Waals surface area contributed by atoms with Gasteiger partial charge in [0.25, 0.3) is 0 Å². The summed E-state index contributed by atoms with van der Waals surface area (Å²) in [6.45, 7) is 2.02. The molecule has 4 amide bonds. The third kappa shape index (κ3) is 14.4. The number of halogens is 1. The highest BCUT2D eigenvalue weighted by molar-refractivity contribution is 6.24. The van der Waals surface area contributed by atoms with E-state index in [2.05, 4.69) is 36.0 Å². The van der Waals surface area contributed by atoms with Gasteiger partial charge in [-0.05, 0) is 24.3 Å². The van der Waals surface area contributed by atoms with Crippen LogP contribution >= 0.6 is 0 Å². The Morgan fingerprint density at radius 2 is 1.53 bits per heavy atom. The molecule has 5 N–H and O–H groups in total. The number of Topliss-reactive ketones (excluding diaryl/α,β-unsaturated/α-hetero) is 2. The molecule has 0 unspecified atom stereocenters. The van der Waals surface area contributed by atoms with E-state index in [0.29, 0.717) is 5.56 Å². The number of nitrogens with one attached hydrogen (secondary N) is 5. The van der Waals surface area contributed by atoms with Crippen LogP contribution in [0, 0.1) is 5.92 Å². The van der Waals surface area contributed by atoms with Crippen LogP contribution in [0.1, 0.15) is 50.8 Å². The zero-order valence-electron chi connectivity index (χ0n) is 27.4. The minimum absolute atomic E-state index is 0.0554. The van der Waals surface area contributed by atoms with Gasteiger partial charge in [-0.15, -0.1) is 0 Å². The van der Waals surface area contributed by atoms with E-state index in [-0.39, 0.29) is 43.8 Å². The number of aromatic amines is 1. The molecule has 1 aromatic carbocycles. The number of aromatic nitrogens is 2. The van der Waals surface area contributed by atoms with Crippen molar-refractivity contribution in [1.29, 1.82) is 0 Å². The molecule has 2 aromatic rings. The van der Waals surface area contributed by atoms with Crippen molar-refractivity contribution >= 4 is 47.6 Å². The molecule has 0 bridgehead atoms. The summed E-state index contributed by atoms with van der Waals surface area (Å²) in [7, 11) is 1.04. The number of hydrogen-bond acceptors (Lipinski definition) is 11. The highest BCUT2D eigenvalue weighted by Gasteiger charge is 2.33. The van der Waals surface area contributed by atoms with Crippen LogP contribution < -0.4 is 21.3 Å². The molecule has 1 aromatic heterocycles. The minimum atomic E-state index is -1.62. The molecule has 17 heteroatoms. The highest BCUT2D eigenvalue weighted by Crippen LogP contribution is 2.10. The molecule has 266 valence electrons. The van der Waals surface area contributed by atoms with Gasteiger partial charge in [0.2, 0.25) is 17.7 Å². The average Bonchev–Trinajstić information content (AvgIpc) is 3.60. The Bertz CT molecular complexity index is 1440. The number of carbonyl (C=O) groups is 8. The number of rotatable bonds is 21. The van der Waals surface area contributed by atoms with Gasteiger partial charge >= 0.3 is 12.1 Å². The summed E-state index contributed by atoms with van der Waals surface area (Å²) >= 11 is 0. The summed E-state index contributed by atoms with van der Waals surface area (Å²) in [5, 5.41) is 9.64. The second kappa shape index (κ2) is 20.7. The van der Waals surface area contributed by atoms with Crippen molar-refractivity contribution in [3.05, 3.63) is 54.1 Å². The Labute approximate surface area is 281 Å². The number of nitrogens with zero attached hydrogens (tertiary/aromatic N) is 1. The van der Waals surface area contributed by atoms with Gasteiger partial charge in [0.15, 0.2) is 17.9 Å². The standard InChI is InChI=1S/C32H41FN6O10/c1-19(2)11-25(39-32(47)49-17-20-7-5-4-6-8-20)30(45)36-23(10-9-22(41)16-40)29(44)38-26(12-21-15-34-18-35-21)31(46)37-24(27(42)14-33)13-28(43)48-3/h4-8,15-16,18-19,23-26H,9-14,17H2,1-3H3,(H,34,35)(H,36,45)(H,37,46)(H,38,44)(H,39,47)/t23-,24-,25-,26-/m0/s1. The minimum Gasteiger partial charge on any atom is -0.469 e. The van der Waals surface area contributed by atoms with E-state index < -0.39 is 85.0 Å². The molecule has 2 rings (SSSR count). The van der Waals surface area contributed by atoms with Crippen molar-refractivity contribution in [2.75, 3.05) is 13.8 Å². The van der Waals surface area contributed by atoms with Crippen molar-refractivity contribution in [3.8, 4) is 0 Å². The number of alkyl carbamates (subject to hydrolysis) is 1. The summed E-state index contributed by atoms with van der Waals surface area (Å²) in [4.78, 5) is 106. The van der Waals surface area contributed by atoms with Crippen LogP contribution in [0.2, 0.25) is 0 Å². The van der Waals surface area contributed by atoms with E-state index in [1.54, 1.807) is 44.2 Å². The Morgan fingerprint density at radius 1 is 0.898 bits per heavy atom. The number of ketones is 2. The zero-order chi connectivity index (χ0) is 36.3. The first-order chi connectivity index (χ1) is 23.4. The fraction of sp³-hybridized carbons (Fsp3) is 0.469. The fourth-order valence-electron chi connectivity index (χ4n) is 4.45. The van der Waals surface area contributed by atoms with Crippen molar-refractivity contribution in [1.82, 2.24) is 31.2 Å². The molecule has 0 fully saturated rings. The molecule has 0 radical (unpaired) electrons. The van der Waals surface area contributed by atoms with Gasteiger partial charge in [0.1, 0.15) is 37.4 Å². The molecule has 16 nitrogen and oxygen atoms in total. The van der Waals surface area contributed by atoms with Crippen molar-refractivity contribution in [3.63, 3.8) is 0 Å². The van der Waals surface area contributed by atoms with Gasteiger partial charge in [-0.1, -0.05) is 44.2 Å². The third-order valence-electron chi connectivity index (χ3n) is 7.01. The topological polar surface area (TPSA) is 232 Å². The largest absolute Gasteiger partial charge is 0.469 e. The molecule has 0 aliphatic carbocycles. The third-order valence-corrected chi connectivity index (χ3v) is 7.01. The predicted octanol–water partition coefficient (Wildman–Crippen LogP) is 0.398.